The third kappa shape index (κ3) is 7.73. The topological polar surface area (TPSA) is 47.6 Å². The summed E-state index contributed by atoms with van der Waals surface area (Å²) in [4.78, 5) is 15.1. The Morgan fingerprint density at radius 3 is 2.12 bits per heavy atom. The lowest BCUT2D eigenvalue weighted by atomic mass is 9.91. The lowest BCUT2D eigenvalue weighted by Gasteiger charge is -2.38. The first-order chi connectivity index (χ1) is 15.4. The summed E-state index contributed by atoms with van der Waals surface area (Å²) in [5.74, 6) is -1.69. The van der Waals surface area contributed by atoms with Gasteiger partial charge in [-0.15, -0.1) is 0 Å². The van der Waals surface area contributed by atoms with Crippen LogP contribution in [-0.4, -0.2) is 61.9 Å². The van der Waals surface area contributed by atoms with Gasteiger partial charge < -0.3 is 15.5 Å². The number of carbonyl (C=O) groups is 1. The van der Waals surface area contributed by atoms with Crippen LogP contribution in [0, 0.1) is 5.82 Å². The number of nitrogens with zero attached hydrogens (tertiary/aromatic N) is 2. The van der Waals surface area contributed by atoms with Crippen LogP contribution in [0.15, 0.2) is 18.2 Å². The minimum absolute atomic E-state index is 0.0525. The number of hydrogen-bond donors (Lipinski definition) is 2. The maximum atomic E-state index is 14.1. The van der Waals surface area contributed by atoms with E-state index in [1.807, 2.05) is 0 Å². The number of hydrogen-bond acceptors (Lipinski definition) is 4. The van der Waals surface area contributed by atoms with E-state index in [1.54, 1.807) is 4.90 Å². The van der Waals surface area contributed by atoms with E-state index in [0.29, 0.717) is 58.5 Å². The van der Waals surface area contributed by atoms with E-state index in [1.165, 1.54) is 0 Å². The molecular formula is C21H27F7N4O. The van der Waals surface area contributed by atoms with E-state index in [-0.39, 0.29) is 17.8 Å². The number of anilines is 1. The maximum absolute atomic E-state index is 14.1. The smallest absolute Gasteiger partial charge is 0.367 e. The first kappa shape index (κ1) is 25.5. The fourth-order valence-electron chi connectivity index (χ4n) is 4.24. The maximum Gasteiger partial charge on any atom is 0.416 e. The van der Waals surface area contributed by atoms with Crippen molar-refractivity contribution in [3.8, 4) is 0 Å². The molecule has 1 aromatic carbocycles. The lowest BCUT2D eigenvalue weighted by molar-refractivity contribution is -0.154. The van der Waals surface area contributed by atoms with Gasteiger partial charge in [-0.1, -0.05) is 0 Å². The zero-order valence-electron chi connectivity index (χ0n) is 17.9. The van der Waals surface area contributed by atoms with E-state index < -0.39 is 36.1 Å². The predicted octanol–water partition coefficient (Wildman–Crippen LogP) is 3.89. The third-order valence-electron chi connectivity index (χ3n) is 6.04. The van der Waals surface area contributed by atoms with Gasteiger partial charge in [0, 0.05) is 44.9 Å². The van der Waals surface area contributed by atoms with E-state index in [4.69, 9.17) is 0 Å². The number of rotatable bonds is 6. The largest absolute Gasteiger partial charge is 0.416 e. The molecule has 1 amide bonds. The molecule has 3 rings (SSSR count). The van der Waals surface area contributed by atoms with Gasteiger partial charge in [-0.05, 0) is 43.9 Å². The summed E-state index contributed by atoms with van der Waals surface area (Å²) in [6, 6.07) is 2.32. The minimum Gasteiger partial charge on any atom is -0.367 e. The van der Waals surface area contributed by atoms with Crippen LogP contribution in [0.25, 0.3) is 0 Å². The van der Waals surface area contributed by atoms with Crippen LogP contribution in [0.2, 0.25) is 0 Å². The van der Waals surface area contributed by atoms with Crippen LogP contribution in [0.3, 0.4) is 0 Å². The molecule has 5 nitrogen and oxygen atoms in total. The zero-order valence-corrected chi connectivity index (χ0v) is 17.9. The molecule has 186 valence electrons. The Hall–Kier alpha value is -2.08. The highest BCUT2D eigenvalue weighted by atomic mass is 19.4. The fourth-order valence-corrected chi connectivity index (χ4v) is 4.24. The average molecular weight is 484 g/mol. The van der Waals surface area contributed by atoms with E-state index in [0.717, 1.165) is 18.2 Å². The van der Waals surface area contributed by atoms with Gasteiger partial charge >= 0.3 is 12.4 Å². The Morgan fingerprint density at radius 2 is 1.55 bits per heavy atom. The molecule has 2 aliphatic rings. The number of piperazine rings is 1. The fraction of sp³-hybridized carbons (Fsp3) is 0.667. The second kappa shape index (κ2) is 10.5. The van der Waals surface area contributed by atoms with Crippen molar-refractivity contribution >= 4 is 11.6 Å². The first-order valence-corrected chi connectivity index (χ1v) is 10.8. The Labute approximate surface area is 187 Å². The molecule has 2 fully saturated rings. The first-order valence-electron chi connectivity index (χ1n) is 10.8. The van der Waals surface area contributed by atoms with Crippen LogP contribution < -0.4 is 15.5 Å². The number of amides is 1. The Morgan fingerprint density at radius 1 is 0.939 bits per heavy atom. The SMILES string of the molecule is O=C(CC(F)(F)F)NC1CCC(NCN2CCN(c3cc(C(F)(F)F)ccc3F)CC2)CC1. The second-order valence-electron chi connectivity index (χ2n) is 8.54. The average Bonchev–Trinajstić information content (AvgIpc) is 2.72. The highest BCUT2D eigenvalue weighted by Gasteiger charge is 2.33. The Kier molecular flexibility index (Phi) is 8.09. The molecule has 1 heterocycles. The monoisotopic (exact) mass is 484 g/mol. The van der Waals surface area contributed by atoms with Gasteiger partial charge in [-0.25, -0.2) is 4.39 Å². The van der Waals surface area contributed by atoms with Gasteiger partial charge in [0.15, 0.2) is 0 Å². The zero-order chi connectivity index (χ0) is 24.2. The van der Waals surface area contributed by atoms with Crippen molar-refractivity contribution in [2.45, 2.75) is 56.5 Å². The summed E-state index contributed by atoms with van der Waals surface area (Å²) in [6.45, 7) is 2.42. The van der Waals surface area contributed by atoms with Gasteiger partial charge in [-0.2, -0.15) is 26.3 Å². The van der Waals surface area contributed by atoms with E-state index in [9.17, 15) is 35.5 Å². The van der Waals surface area contributed by atoms with Crippen molar-refractivity contribution in [3.63, 3.8) is 0 Å². The van der Waals surface area contributed by atoms with Crippen molar-refractivity contribution in [1.82, 2.24) is 15.5 Å². The van der Waals surface area contributed by atoms with Crippen molar-refractivity contribution < 1.29 is 35.5 Å². The van der Waals surface area contributed by atoms with Crippen molar-refractivity contribution in [2.24, 2.45) is 0 Å². The number of carbonyl (C=O) groups excluding carboxylic acids is 1. The predicted molar refractivity (Wildman–Crippen MR) is 108 cm³/mol. The lowest BCUT2D eigenvalue weighted by Crippen LogP contribution is -2.51. The van der Waals surface area contributed by atoms with Crippen LogP contribution in [0.5, 0.6) is 0 Å². The highest BCUT2D eigenvalue weighted by molar-refractivity contribution is 5.76. The van der Waals surface area contributed by atoms with Crippen LogP contribution in [0.1, 0.15) is 37.7 Å². The molecule has 0 unspecified atom stereocenters. The van der Waals surface area contributed by atoms with Gasteiger partial charge in [0.05, 0.1) is 11.3 Å². The molecule has 1 aliphatic heterocycles. The van der Waals surface area contributed by atoms with Gasteiger partial charge in [0.25, 0.3) is 0 Å². The molecule has 0 aromatic heterocycles. The second-order valence-corrected chi connectivity index (χ2v) is 8.54. The number of alkyl halides is 6. The van der Waals surface area contributed by atoms with Crippen molar-refractivity contribution in [1.29, 1.82) is 0 Å². The summed E-state index contributed by atoms with van der Waals surface area (Å²) in [7, 11) is 0. The third-order valence-corrected chi connectivity index (χ3v) is 6.04. The molecule has 1 saturated heterocycles. The highest BCUT2D eigenvalue weighted by Crippen LogP contribution is 2.33. The summed E-state index contributed by atoms with van der Waals surface area (Å²) in [5.41, 5.74) is -0.934. The molecule has 0 atom stereocenters. The molecular weight excluding hydrogens is 457 g/mol. The normalized spacial score (nSPS) is 22.9. The number of nitrogens with one attached hydrogen (secondary N) is 2. The van der Waals surface area contributed by atoms with Gasteiger partial charge in [-0.3, -0.25) is 9.69 Å². The molecule has 1 aromatic rings. The number of benzene rings is 1. The standard InChI is InChI=1S/C21H27F7N4O/c22-17-6-1-14(21(26,27)28)11-18(17)32-9-7-31(8-10-32)13-29-15-2-4-16(5-3-15)30-19(33)12-20(23,24)25/h1,6,11,15-16,29H,2-5,7-10,12-13H2,(H,30,33). The van der Waals surface area contributed by atoms with Crippen molar-refractivity contribution in [2.75, 3.05) is 37.7 Å². The quantitative estimate of drug-likeness (QED) is 0.602. The molecule has 0 radical (unpaired) electrons. The summed E-state index contributed by atoms with van der Waals surface area (Å²) in [5, 5.41) is 5.83. The minimum atomic E-state index is -4.53. The summed E-state index contributed by atoms with van der Waals surface area (Å²) >= 11 is 0. The molecule has 33 heavy (non-hydrogen) atoms. The Balaban J connectivity index is 1.38. The van der Waals surface area contributed by atoms with Gasteiger partial charge in [0.2, 0.25) is 5.91 Å². The molecule has 1 saturated carbocycles. The molecule has 0 bridgehead atoms. The molecule has 12 heteroatoms. The molecule has 0 spiro atoms. The van der Waals surface area contributed by atoms with Crippen LogP contribution in [0.4, 0.5) is 36.4 Å². The Bertz CT molecular complexity index is 799. The van der Waals surface area contributed by atoms with Gasteiger partial charge in [0.1, 0.15) is 12.2 Å². The van der Waals surface area contributed by atoms with Crippen LogP contribution in [-0.2, 0) is 11.0 Å². The van der Waals surface area contributed by atoms with Crippen LogP contribution >= 0.6 is 0 Å². The summed E-state index contributed by atoms with van der Waals surface area (Å²) in [6.07, 6.45) is -7.91. The van der Waals surface area contributed by atoms with Crippen molar-refractivity contribution in [3.05, 3.63) is 29.6 Å². The van der Waals surface area contributed by atoms with E-state index >= 15 is 0 Å². The van der Waals surface area contributed by atoms with E-state index in [2.05, 4.69) is 15.5 Å². The number of halogens is 7. The summed E-state index contributed by atoms with van der Waals surface area (Å²) < 4.78 is 89.7. The molecule has 2 N–H and O–H groups in total. The molecule has 1 aliphatic carbocycles.